The quantitative estimate of drug-likeness (QED) is 0.897. The molecule has 1 aliphatic rings. The van der Waals surface area contributed by atoms with Crippen molar-refractivity contribution >= 4 is 5.82 Å². The Morgan fingerprint density at radius 1 is 1.22 bits per heavy atom. The van der Waals surface area contributed by atoms with Crippen LogP contribution in [-0.4, -0.2) is 23.3 Å². The molecule has 0 radical (unpaired) electrons. The van der Waals surface area contributed by atoms with E-state index in [0.717, 1.165) is 42.4 Å². The summed E-state index contributed by atoms with van der Waals surface area (Å²) in [5.41, 5.74) is 3.14. The molecule has 92 valence electrons. The summed E-state index contributed by atoms with van der Waals surface area (Å²) in [4.78, 5) is 0. The summed E-state index contributed by atoms with van der Waals surface area (Å²) in [5.74, 6) is 1.76. The molecule has 2 aromatic rings. The van der Waals surface area contributed by atoms with Gasteiger partial charge in [0, 0.05) is 18.5 Å². The number of ether oxygens (including phenoxy) is 1. The molecule has 0 aliphatic carbocycles. The number of rotatable bonds is 3. The molecule has 0 fully saturated rings. The van der Waals surface area contributed by atoms with E-state index in [-0.39, 0.29) is 0 Å². The third-order valence-corrected chi connectivity index (χ3v) is 3.01. The Morgan fingerprint density at radius 3 is 2.94 bits per heavy atom. The Labute approximate surface area is 106 Å². The maximum Gasteiger partial charge on any atom is 0.148 e. The van der Waals surface area contributed by atoms with Crippen LogP contribution >= 0.6 is 0 Å². The highest BCUT2D eigenvalue weighted by Crippen LogP contribution is 2.35. The fraction of sp³-hybridized carbons (Fsp3) is 0.286. The van der Waals surface area contributed by atoms with Crippen molar-refractivity contribution in [1.82, 2.24) is 10.2 Å². The largest absolute Gasteiger partial charge is 0.492 e. The average Bonchev–Trinajstić information content (AvgIpc) is 2.88. The summed E-state index contributed by atoms with van der Waals surface area (Å²) in [6.07, 6.45) is 0.978. The number of nitrogens with one attached hydrogen (secondary N) is 1. The number of hydrogen-bond donors (Lipinski definition) is 1. The lowest BCUT2D eigenvalue weighted by molar-refractivity contribution is 0.358. The lowest BCUT2D eigenvalue weighted by Gasteiger charge is -2.07. The van der Waals surface area contributed by atoms with E-state index >= 15 is 0 Å². The third kappa shape index (κ3) is 1.90. The molecule has 1 aromatic heterocycles. The minimum atomic E-state index is 0.759. The fourth-order valence-corrected chi connectivity index (χ4v) is 2.17. The molecule has 0 unspecified atom stereocenters. The van der Waals surface area contributed by atoms with Gasteiger partial charge in [-0.2, -0.15) is 0 Å². The van der Waals surface area contributed by atoms with Crippen LogP contribution in [0.3, 0.4) is 0 Å². The van der Waals surface area contributed by atoms with Crippen LogP contribution in [0.5, 0.6) is 5.75 Å². The van der Waals surface area contributed by atoms with Gasteiger partial charge in [-0.15, -0.1) is 10.2 Å². The van der Waals surface area contributed by atoms with Crippen molar-refractivity contribution in [3.05, 3.63) is 35.9 Å². The number of para-hydroxylation sites is 1. The topological polar surface area (TPSA) is 47.0 Å². The van der Waals surface area contributed by atoms with Crippen LogP contribution in [0.15, 0.2) is 30.3 Å². The first-order valence-electron chi connectivity index (χ1n) is 6.21. The fourth-order valence-electron chi connectivity index (χ4n) is 2.17. The van der Waals surface area contributed by atoms with Gasteiger partial charge in [-0.1, -0.05) is 12.1 Å². The molecule has 0 spiro atoms. The van der Waals surface area contributed by atoms with Crippen molar-refractivity contribution in [2.75, 3.05) is 18.5 Å². The van der Waals surface area contributed by atoms with Crippen molar-refractivity contribution < 1.29 is 4.74 Å². The lowest BCUT2D eigenvalue weighted by atomic mass is 10.1. The van der Waals surface area contributed by atoms with Gasteiger partial charge < -0.3 is 10.1 Å². The van der Waals surface area contributed by atoms with Crippen LogP contribution in [0.1, 0.15) is 12.5 Å². The first-order valence-corrected chi connectivity index (χ1v) is 6.21. The number of anilines is 1. The Balaban J connectivity index is 1.97. The molecular weight excluding hydrogens is 226 g/mol. The van der Waals surface area contributed by atoms with E-state index in [0.29, 0.717) is 0 Å². The molecule has 4 nitrogen and oxygen atoms in total. The van der Waals surface area contributed by atoms with Gasteiger partial charge in [0.15, 0.2) is 0 Å². The van der Waals surface area contributed by atoms with Crippen LogP contribution in [-0.2, 0) is 6.42 Å². The second-order valence-electron chi connectivity index (χ2n) is 4.23. The van der Waals surface area contributed by atoms with Gasteiger partial charge in [-0.05, 0) is 30.7 Å². The summed E-state index contributed by atoms with van der Waals surface area (Å²) in [6.45, 7) is 3.64. The van der Waals surface area contributed by atoms with Crippen LogP contribution in [0, 0.1) is 0 Å². The Hall–Kier alpha value is -2.10. The minimum absolute atomic E-state index is 0.759. The van der Waals surface area contributed by atoms with Crippen LogP contribution in [0.25, 0.3) is 11.3 Å². The van der Waals surface area contributed by atoms with Crippen LogP contribution in [0.2, 0.25) is 0 Å². The molecule has 0 saturated carbocycles. The van der Waals surface area contributed by atoms with Crippen molar-refractivity contribution in [2.24, 2.45) is 0 Å². The van der Waals surface area contributed by atoms with Gasteiger partial charge in [-0.25, -0.2) is 0 Å². The maximum atomic E-state index is 5.68. The molecule has 3 rings (SSSR count). The van der Waals surface area contributed by atoms with Gasteiger partial charge >= 0.3 is 0 Å². The zero-order valence-corrected chi connectivity index (χ0v) is 10.3. The molecule has 1 N–H and O–H groups in total. The summed E-state index contributed by atoms with van der Waals surface area (Å²) in [6, 6.07) is 10.1. The number of hydrogen-bond acceptors (Lipinski definition) is 4. The molecular formula is C14H15N3O. The maximum absolute atomic E-state index is 5.68. The van der Waals surface area contributed by atoms with Gasteiger partial charge in [0.25, 0.3) is 0 Å². The highest BCUT2D eigenvalue weighted by Gasteiger charge is 2.17. The number of benzene rings is 1. The summed E-state index contributed by atoms with van der Waals surface area (Å²) >= 11 is 0. The van der Waals surface area contributed by atoms with Crippen molar-refractivity contribution in [3.63, 3.8) is 0 Å². The molecule has 18 heavy (non-hydrogen) atoms. The number of aromatic nitrogens is 2. The van der Waals surface area contributed by atoms with E-state index in [1.54, 1.807) is 0 Å². The molecule has 0 atom stereocenters. The SMILES string of the molecule is CCNc1ccc(-c2cccc3c2OCC3)nn1. The molecule has 1 aromatic carbocycles. The van der Waals surface area contributed by atoms with E-state index in [4.69, 9.17) is 4.74 Å². The predicted octanol–water partition coefficient (Wildman–Crippen LogP) is 2.51. The minimum Gasteiger partial charge on any atom is -0.492 e. The molecule has 0 bridgehead atoms. The van der Waals surface area contributed by atoms with Crippen molar-refractivity contribution in [2.45, 2.75) is 13.3 Å². The Bertz CT molecular complexity index is 551. The number of fused-ring (bicyclic) bond motifs is 1. The summed E-state index contributed by atoms with van der Waals surface area (Å²) < 4.78 is 5.68. The molecule has 1 aliphatic heterocycles. The predicted molar refractivity (Wildman–Crippen MR) is 70.8 cm³/mol. The number of nitrogens with zero attached hydrogens (tertiary/aromatic N) is 2. The van der Waals surface area contributed by atoms with E-state index in [9.17, 15) is 0 Å². The van der Waals surface area contributed by atoms with E-state index in [2.05, 4.69) is 21.6 Å². The van der Waals surface area contributed by atoms with E-state index in [1.807, 2.05) is 31.2 Å². The third-order valence-electron chi connectivity index (χ3n) is 3.01. The van der Waals surface area contributed by atoms with E-state index in [1.165, 1.54) is 5.56 Å². The van der Waals surface area contributed by atoms with Gasteiger partial charge in [0.05, 0.1) is 12.3 Å². The van der Waals surface area contributed by atoms with Gasteiger partial charge in [-0.3, -0.25) is 0 Å². The van der Waals surface area contributed by atoms with Gasteiger partial charge in [0.2, 0.25) is 0 Å². The Morgan fingerprint density at radius 2 is 2.17 bits per heavy atom. The second kappa shape index (κ2) is 4.64. The smallest absolute Gasteiger partial charge is 0.148 e. The highest BCUT2D eigenvalue weighted by molar-refractivity contribution is 5.70. The van der Waals surface area contributed by atoms with Crippen LogP contribution in [0.4, 0.5) is 5.82 Å². The normalized spacial score (nSPS) is 12.9. The Kier molecular flexibility index (Phi) is 2.84. The summed E-state index contributed by atoms with van der Waals surface area (Å²) in [7, 11) is 0. The second-order valence-corrected chi connectivity index (χ2v) is 4.23. The van der Waals surface area contributed by atoms with E-state index < -0.39 is 0 Å². The summed E-state index contributed by atoms with van der Waals surface area (Å²) in [5, 5.41) is 11.5. The molecule has 2 heterocycles. The van der Waals surface area contributed by atoms with Crippen molar-refractivity contribution in [1.29, 1.82) is 0 Å². The lowest BCUT2D eigenvalue weighted by Crippen LogP contribution is -2.00. The molecule has 0 saturated heterocycles. The first-order chi connectivity index (χ1) is 8.88. The zero-order chi connectivity index (χ0) is 12.4. The standard InChI is InChI=1S/C14H15N3O/c1-2-15-13-7-6-12(16-17-13)11-5-3-4-10-8-9-18-14(10)11/h3-7H,2,8-9H2,1H3,(H,15,17). The monoisotopic (exact) mass is 241 g/mol. The molecule has 0 amide bonds. The molecule has 4 heteroatoms. The van der Waals surface area contributed by atoms with Crippen molar-refractivity contribution in [3.8, 4) is 17.0 Å². The first kappa shape index (κ1) is 11.0. The zero-order valence-electron chi connectivity index (χ0n) is 10.3. The van der Waals surface area contributed by atoms with Gasteiger partial charge in [0.1, 0.15) is 11.6 Å². The average molecular weight is 241 g/mol. The van der Waals surface area contributed by atoms with Crippen LogP contribution < -0.4 is 10.1 Å². The highest BCUT2D eigenvalue weighted by atomic mass is 16.5.